The Labute approximate surface area is 103 Å². The fraction of sp³-hybridized carbons (Fsp3) is 0.231. The van der Waals surface area contributed by atoms with Crippen LogP contribution in [-0.4, -0.2) is 14.2 Å². The minimum atomic E-state index is 0.528. The average Bonchev–Trinajstić information content (AvgIpc) is 3.02. The van der Waals surface area contributed by atoms with Crippen molar-refractivity contribution in [3.8, 4) is 5.75 Å². The molecule has 3 aromatic rings. The molecule has 0 amide bonds. The predicted octanol–water partition coefficient (Wildman–Crippen LogP) is 2.84. The molecule has 1 aromatic carbocycles. The summed E-state index contributed by atoms with van der Waals surface area (Å²) in [6.07, 6.45) is 3.28. The molecule has 18 heavy (non-hydrogen) atoms. The third-order valence-corrected chi connectivity index (χ3v) is 2.98. The molecule has 0 atom stereocenters. The summed E-state index contributed by atoms with van der Waals surface area (Å²) in [6, 6.07) is 3.76. The van der Waals surface area contributed by atoms with Crippen molar-refractivity contribution in [3.05, 3.63) is 30.2 Å². The maximum Gasteiger partial charge on any atom is 0.176 e. The number of rotatable bonds is 4. The van der Waals surface area contributed by atoms with Crippen LogP contribution in [0.2, 0.25) is 0 Å². The quantitative estimate of drug-likeness (QED) is 0.718. The Balaban J connectivity index is 2.35. The van der Waals surface area contributed by atoms with E-state index >= 15 is 0 Å². The molecular formula is C13H13NO4. The lowest BCUT2D eigenvalue weighted by atomic mass is 10.1. The predicted molar refractivity (Wildman–Crippen MR) is 66.4 cm³/mol. The molecule has 0 saturated carbocycles. The Hall–Kier alpha value is -1.98. The van der Waals surface area contributed by atoms with Crippen molar-refractivity contribution in [1.29, 1.82) is 0 Å². The fourth-order valence-corrected chi connectivity index (χ4v) is 2.21. The number of hydrogen-bond acceptors (Lipinski definition) is 5. The molecule has 0 radical (unpaired) electrons. The monoisotopic (exact) mass is 247 g/mol. The van der Waals surface area contributed by atoms with Gasteiger partial charge in [0.05, 0.1) is 38.7 Å². The first-order valence-electron chi connectivity index (χ1n) is 5.56. The van der Waals surface area contributed by atoms with E-state index in [9.17, 15) is 0 Å². The summed E-state index contributed by atoms with van der Waals surface area (Å²) in [7, 11) is 3.20. The molecule has 2 aromatic heterocycles. The smallest absolute Gasteiger partial charge is 0.176 e. The van der Waals surface area contributed by atoms with E-state index in [4.69, 9.17) is 18.4 Å². The Bertz CT molecular complexity index is 631. The van der Waals surface area contributed by atoms with E-state index in [0.29, 0.717) is 12.3 Å². The first kappa shape index (κ1) is 11.1. The van der Waals surface area contributed by atoms with Crippen LogP contribution in [0.3, 0.4) is 0 Å². The van der Waals surface area contributed by atoms with Crippen LogP contribution in [0.4, 0.5) is 0 Å². The lowest BCUT2D eigenvalue weighted by Crippen LogP contribution is -2.11. The number of hydrogen-bond donors (Lipinski definition) is 1. The largest absolute Gasteiger partial charge is 0.492 e. The van der Waals surface area contributed by atoms with Gasteiger partial charge in [0.1, 0.15) is 5.58 Å². The first-order valence-corrected chi connectivity index (χ1v) is 5.56. The van der Waals surface area contributed by atoms with Crippen molar-refractivity contribution in [2.45, 2.75) is 6.54 Å². The number of methoxy groups -OCH3 is 1. The van der Waals surface area contributed by atoms with E-state index in [1.54, 1.807) is 26.7 Å². The van der Waals surface area contributed by atoms with Gasteiger partial charge in [-0.2, -0.15) is 5.48 Å². The summed E-state index contributed by atoms with van der Waals surface area (Å²) in [4.78, 5) is 4.90. The zero-order valence-corrected chi connectivity index (χ0v) is 10.1. The first-order chi connectivity index (χ1) is 8.86. The van der Waals surface area contributed by atoms with E-state index in [2.05, 4.69) is 5.48 Å². The van der Waals surface area contributed by atoms with Gasteiger partial charge < -0.3 is 18.4 Å². The van der Waals surface area contributed by atoms with Crippen LogP contribution >= 0.6 is 0 Å². The normalized spacial score (nSPS) is 11.4. The second-order valence-corrected chi connectivity index (χ2v) is 3.86. The summed E-state index contributed by atoms with van der Waals surface area (Å²) < 4.78 is 16.5. The molecule has 0 aliphatic heterocycles. The zero-order chi connectivity index (χ0) is 12.5. The third-order valence-electron chi connectivity index (χ3n) is 2.98. The highest BCUT2D eigenvalue weighted by Gasteiger charge is 2.18. The van der Waals surface area contributed by atoms with Gasteiger partial charge in [0.2, 0.25) is 0 Å². The van der Waals surface area contributed by atoms with E-state index in [0.717, 1.165) is 27.5 Å². The van der Waals surface area contributed by atoms with Gasteiger partial charge in [-0.1, -0.05) is 0 Å². The van der Waals surface area contributed by atoms with Crippen molar-refractivity contribution in [3.63, 3.8) is 0 Å². The summed E-state index contributed by atoms with van der Waals surface area (Å²) >= 11 is 0. The molecule has 2 heterocycles. The van der Waals surface area contributed by atoms with Gasteiger partial charge in [-0.3, -0.25) is 0 Å². The molecule has 0 fully saturated rings. The van der Waals surface area contributed by atoms with Crippen molar-refractivity contribution in [1.82, 2.24) is 5.48 Å². The molecule has 0 bridgehead atoms. The number of ether oxygens (including phenoxy) is 1. The standard InChI is InChI=1S/C13H13NO4/c1-15-12-9-4-6-17-11(9)10(7-14-16-2)8-3-5-18-13(8)12/h3-6,14H,7H2,1-2H3. The summed E-state index contributed by atoms with van der Waals surface area (Å²) in [6.45, 7) is 0.528. The van der Waals surface area contributed by atoms with Gasteiger partial charge in [-0.05, 0) is 12.1 Å². The van der Waals surface area contributed by atoms with E-state index < -0.39 is 0 Å². The lowest BCUT2D eigenvalue weighted by molar-refractivity contribution is 0.0871. The van der Waals surface area contributed by atoms with Crippen LogP contribution in [0.5, 0.6) is 5.75 Å². The van der Waals surface area contributed by atoms with Crippen LogP contribution < -0.4 is 10.2 Å². The molecule has 5 heteroatoms. The molecule has 1 N–H and O–H groups in total. The second kappa shape index (κ2) is 4.36. The summed E-state index contributed by atoms with van der Waals surface area (Å²) in [5.74, 6) is 0.694. The van der Waals surface area contributed by atoms with Crippen molar-refractivity contribution < 1.29 is 18.4 Å². The van der Waals surface area contributed by atoms with Gasteiger partial charge in [0.25, 0.3) is 0 Å². The van der Waals surface area contributed by atoms with Crippen LogP contribution in [0.15, 0.2) is 33.5 Å². The SMILES string of the molecule is CONCc1c2ccoc2c(OC)c2ccoc12. The van der Waals surface area contributed by atoms with Crippen molar-refractivity contribution >= 4 is 21.9 Å². The fourth-order valence-electron chi connectivity index (χ4n) is 2.21. The van der Waals surface area contributed by atoms with E-state index in [1.165, 1.54) is 0 Å². The molecule has 0 saturated heterocycles. The zero-order valence-electron chi connectivity index (χ0n) is 10.1. The van der Waals surface area contributed by atoms with Gasteiger partial charge in [0, 0.05) is 10.9 Å². The second-order valence-electron chi connectivity index (χ2n) is 3.86. The highest BCUT2D eigenvalue weighted by Crippen LogP contribution is 2.39. The Morgan fingerprint density at radius 1 is 1.06 bits per heavy atom. The minimum absolute atomic E-state index is 0.528. The van der Waals surface area contributed by atoms with E-state index in [-0.39, 0.29) is 0 Å². The molecule has 3 rings (SSSR count). The number of furan rings is 2. The summed E-state index contributed by atoms with van der Waals surface area (Å²) in [5.41, 5.74) is 5.32. The van der Waals surface area contributed by atoms with Crippen LogP contribution in [0.25, 0.3) is 21.9 Å². The number of benzene rings is 1. The highest BCUT2D eigenvalue weighted by molar-refractivity contribution is 6.04. The molecule has 0 unspecified atom stereocenters. The highest BCUT2D eigenvalue weighted by atomic mass is 16.6. The van der Waals surface area contributed by atoms with Crippen molar-refractivity contribution in [2.24, 2.45) is 0 Å². The minimum Gasteiger partial charge on any atom is -0.492 e. The maximum absolute atomic E-state index is 5.55. The third kappa shape index (κ3) is 1.48. The molecule has 0 aliphatic rings. The summed E-state index contributed by atoms with van der Waals surface area (Å²) in [5, 5.41) is 1.85. The Morgan fingerprint density at radius 2 is 1.78 bits per heavy atom. The Kier molecular flexibility index (Phi) is 2.70. The maximum atomic E-state index is 5.55. The number of hydroxylamine groups is 1. The van der Waals surface area contributed by atoms with Crippen LogP contribution in [0.1, 0.15) is 5.56 Å². The van der Waals surface area contributed by atoms with Gasteiger partial charge >= 0.3 is 0 Å². The molecule has 94 valence electrons. The van der Waals surface area contributed by atoms with Crippen molar-refractivity contribution in [2.75, 3.05) is 14.2 Å². The number of nitrogens with one attached hydrogen (secondary N) is 1. The molecule has 0 spiro atoms. The van der Waals surface area contributed by atoms with Gasteiger partial charge in [-0.15, -0.1) is 0 Å². The average molecular weight is 247 g/mol. The molecule has 0 aliphatic carbocycles. The Morgan fingerprint density at radius 3 is 2.50 bits per heavy atom. The molecular weight excluding hydrogens is 234 g/mol. The van der Waals surface area contributed by atoms with Crippen LogP contribution in [0, 0.1) is 0 Å². The lowest BCUT2D eigenvalue weighted by Gasteiger charge is -2.08. The van der Waals surface area contributed by atoms with E-state index in [1.807, 2.05) is 12.1 Å². The van der Waals surface area contributed by atoms with Gasteiger partial charge in [0.15, 0.2) is 11.3 Å². The topological polar surface area (TPSA) is 56.8 Å². The number of fused-ring (bicyclic) bond motifs is 2. The van der Waals surface area contributed by atoms with Gasteiger partial charge in [-0.25, -0.2) is 0 Å². The van der Waals surface area contributed by atoms with Crippen LogP contribution in [-0.2, 0) is 11.4 Å². The molecule has 5 nitrogen and oxygen atoms in total.